The van der Waals surface area contributed by atoms with E-state index in [9.17, 15) is 0 Å². The molecular weight excluding hydrogens is 212 g/mol. The summed E-state index contributed by atoms with van der Waals surface area (Å²) in [7, 11) is 0. The summed E-state index contributed by atoms with van der Waals surface area (Å²) in [6, 6.07) is 12.2. The minimum atomic E-state index is 0.717. The monoisotopic (exact) mass is 228 g/mol. The Morgan fingerprint density at radius 3 is 2.65 bits per heavy atom. The highest BCUT2D eigenvalue weighted by molar-refractivity contribution is 5.57. The van der Waals surface area contributed by atoms with Crippen molar-refractivity contribution in [2.75, 3.05) is 32.8 Å². The molecule has 2 rings (SSSR count). The van der Waals surface area contributed by atoms with E-state index in [0.29, 0.717) is 0 Å². The maximum Gasteiger partial charge on any atom is 0.0961 e. The molecule has 3 heteroatoms. The van der Waals surface area contributed by atoms with E-state index in [2.05, 4.69) is 11.0 Å². The molecule has 1 saturated heterocycles. The van der Waals surface area contributed by atoms with E-state index in [-0.39, 0.29) is 0 Å². The van der Waals surface area contributed by atoms with Crippen LogP contribution in [0.4, 0.5) is 0 Å². The average Bonchev–Trinajstić information content (AvgIpc) is 2.40. The Labute approximate surface area is 102 Å². The largest absolute Gasteiger partial charge is 0.379 e. The van der Waals surface area contributed by atoms with Crippen molar-refractivity contribution < 1.29 is 4.74 Å². The summed E-state index contributed by atoms with van der Waals surface area (Å²) < 4.78 is 5.29. The number of nitriles is 1. The molecule has 0 aromatic heterocycles. The van der Waals surface area contributed by atoms with Crippen LogP contribution in [0.1, 0.15) is 5.56 Å². The van der Waals surface area contributed by atoms with Gasteiger partial charge in [-0.1, -0.05) is 30.3 Å². The van der Waals surface area contributed by atoms with E-state index in [0.717, 1.165) is 44.0 Å². The van der Waals surface area contributed by atoms with Crippen LogP contribution in [0.25, 0.3) is 6.08 Å². The summed E-state index contributed by atoms with van der Waals surface area (Å²) in [5.74, 6) is 0. The molecular formula is C14H16N2O. The summed E-state index contributed by atoms with van der Waals surface area (Å²) in [5, 5.41) is 9.14. The van der Waals surface area contributed by atoms with Crippen LogP contribution in [-0.2, 0) is 4.74 Å². The smallest absolute Gasteiger partial charge is 0.0961 e. The first kappa shape index (κ1) is 11.8. The van der Waals surface area contributed by atoms with Crippen LogP contribution in [-0.4, -0.2) is 37.7 Å². The van der Waals surface area contributed by atoms with Gasteiger partial charge in [0.15, 0.2) is 0 Å². The Bertz CT molecular complexity index is 414. The van der Waals surface area contributed by atoms with E-state index < -0.39 is 0 Å². The highest BCUT2D eigenvalue weighted by atomic mass is 16.5. The molecule has 1 aliphatic heterocycles. The Kier molecular flexibility index (Phi) is 4.31. The van der Waals surface area contributed by atoms with Crippen LogP contribution in [0, 0.1) is 11.3 Å². The Hall–Kier alpha value is -1.63. The molecule has 0 N–H and O–H groups in total. The molecule has 0 radical (unpaired) electrons. The first-order valence-electron chi connectivity index (χ1n) is 5.84. The second-order valence-corrected chi connectivity index (χ2v) is 4.08. The topological polar surface area (TPSA) is 36.3 Å². The lowest BCUT2D eigenvalue weighted by Gasteiger charge is -2.26. The normalized spacial score (nSPS) is 17.7. The van der Waals surface area contributed by atoms with Crippen molar-refractivity contribution in [2.24, 2.45) is 0 Å². The predicted molar refractivity (Wildman–Crippen MR) is 67.3 cm³/mol. The minimum Gasteiger partial charge on any atom is -0.379 e. The van der Waals surface area contributed by atoms with Crippen molar-refractivity contribution in [3.05, 3.63) is 41.5 Å². The third-order valence-electron chi connectivity index (χ3n) is 2.78. The van der Waals surface area contributed by atoms with Crippen molar-refractivity contribution in [1.82, 2.24) is 4.90 Å². The fourth-order valence-electron chi connectivity index (χ4n) is 1.86. The zero-order valence-corrected chi connectivity index (χ0v) is 9.80. The molecule has 3 nitrogen and oxygen atoms in total. The van der Waals surface area contributed by atoms with Crippen molar-refractivity contribution in [3.63, 3.8) is 0 Å². The molecule has 0 unspecified atom stereocenters. The van der Waals surface area contributed by atoms with Gasteiger partial charge in [0, 0.05) is 25.2 Å². The van der Waals surface area contributed by atoms with Crippen LogP contribution >= 0.6 is 0 Å². The fourth-order valence-corrected chi connectivity index (χ4v) is 1.86. The number of hydrogen-bond acceptors (Lipinski definition) is 3. The number of nitrogens with zero attached hydrogens (tertiary/aromatic N) is 2. The molecule has 1 heterocycles. The molecule has 0 aliphatic carbocycles. The van der Waals surface area contributed by atoms with Crippen LogP contribution in [0.15, 0.2) is 35.9 Å². The molecule has 0 bridgehead atoms. The third kappa shape index (κ3) is 3.70. The van der Waals surface area contributed by atoms with Gasteiger partial charge in [-0.05, 0) is 11.6 Å². The van der Waals surface area contributed by atoms with E-state index in [1.807, 2.05) is 36.4 Å². The second-order valence-electron chi connectivity index (χ2n) is 4.08. The van der Waals surface area contributed by atoms with E-state index >= 15 is 0 Å². The first-order chi connectivity index (χ1) is 8.38. The van der Waals surface area contributed by atoms with Gasteiger partial charge in [-0.3, -0.25) is 4.90 Å². The van der Waals surface area contributed by atoms with Gasteiger partial charge in [-0.2, -0.15) is 5.26 Å². The summed E-state index contributed by atoms with van der Waals surface area (Å²) in [6.07, 6.45) is 1.95. The van der Waals surface area contributed by atoms with Gasteiger partial charge in [-0.15, -0.1) is 0 Å². The van der Waals surface area contributed by atoms with Crippen molar-refractivity contribution >= 4 is 6.08 Å². The second kappa shape index (κ2) is 6.19. The fraction of sp³-hybridized carbons (Fsp3) is 0.357. The van der Waals surface area contributed by atoms with Crippen LogP contribution in [0.5, 0.6) is 0 Å². The standard InChI is InChI=1S/C14H16N2O/c15-11-14(10-13-4-2-1-3-5-13)12-16-6-8-17-9-7-16/h1-5,10H,6-9,12H2/b14-10+. The molecule has 17 heavy (non-hydrogen) atoms. The number of morpholine rings is 1. The highest BCUT2D eigenvalue weighted by Gasteiger charge is 2.11. The molecule has 1 aliphatic rings. The SMILES string of the molecule is N#C/C(=C\c1ccccc1)CN1CCOCC1. The van der Waals surface area contributed by atoms with Crippen LogP contribution < -0.4 is 0 Å². The zero-order valence-electron chi connectivity index (χ0n) is 9.80. The molecule has 1 fully saturated rings. The van der Waals surface area contributed by atoms with Crippen molar-refractivity contribution in [2.45, 2.75) is 0 Å². The Morgan fingerprint density at radius 1 is 1.29 bits per heavy atom. The van der Waals surface area contributed by atoms with Gasteiger partial charge in [0.25, 0.3) is 0 Å². The Balaban J connectivity index is 2.01. The van der Waals surface area contributed by atoms with E-state index in [4.69, 9.17) is 10.00 Å². The predicted octanol–water partition coefficient (Wildman–Crippen LogP) is 1.93. The summed E-state index contributed by atoms with van der Waals surface area (Å²) >= 11 is 0. The van der Waals surface area contributed by atoms with Crippen LogP contribution in [0.3, 0.4) is 0 Å². The Morgan fingerprint density at radius 2 is 2.00 bits per heavy atom. The maximum absolute atomic E-state index is 9.14. The lowest BCUT2D eigenvalue weighted by molar-refractivity contribution is 0.0428. The maximum atomic E-state index is 9.14. The molecule has 1 aromatic carbocycles. The van der Waals surface area contributed by atoms with Gasteiger partial charge < -0.3 is 4.74 Å². The lowest BCUT2D eigenvalue weighted by atomic mass is 10.1. The van der Waals surface area contributed by atoms with Gasteiger partial charge in [0.05, 0.1) is 19.3 Å². The molecule has 88 valence electrons. The third-order valence-corrected chi connectivity index (χ3v) is 2.78. The molecule has 0 amide bonds. The number of benzene rings is 1. The van der Waals surface area contributed by atoms with Gasteiger partial charge >= 0.3 is 0 Å². The van der Waals surface area contributed by atoms with E-state index in [1.165, 1.54) is 0 Å². The van der Waals surface area contributed by atoms with Gasteiger partial charge in [-0.25, -0.2) is 0 Å². The van der Waals surface area contributed by atoms with Crippen molar-refractivity contribution in [3.8, 4) is 6.07 Å². The summed E-state index contributed by atoms with van der Waals surface area (Å²) in [6.45, 7) is 4.07. The number of hydrogen-bond donors (Lipinski definition) is 0. The highest BCUT2D eigenvalue weighted by Crippen LogP contribution is 2.08. The van der Waals surface area contributed by atoms with Gasteiger partial charge in [0.1, 0.15) is 0 Å². The van der Waals surface area contributed by atoms with Gasteiger partial charge in [0.2, 0.25) is 0 Å². The number of ether oxygens (including phenoxy) is 1. The quantitative estimate of drug-likeness (QED) is 0.742. The zero-order chi connectivity index (χ0) is 11.9. The molecule has 0 spiro atoms. The minimum absolute atomic E-state index is 0.717. The molecule has 0 saturated carbocycles. The molecule has 0 atom stereocenters. The average molecular weight is 228 g/mol. The van der Waals surface area contributed by atoms with Crippen LogP contribution in [0.2, 0.25) is 0 Å². The first-order valence-corrected chi connectivity index (χ1v) is 5.84. The molecule has 1 aromatic rings. The van der Waals surface area contributed by atoms with E-state index in [1.54, 1.807) is 0 Å². The van der Waals surface area contributed by atoms with Crippen molar-refractivity contribution in [1.29, 1.82) is 5.26 Å². The summed E-state index contributed by atoms with van der Waals surface area (Å²) in [5.41, 5.74) is 1.88. The number of rotatable bonds is 3. The summed E-state index contributed by atoms with van der Waals surface area (Å²) in [4.78, 5) is 2.25. The lowest BCUT2D eigenvalue weighted by Crippen LogP contribution is -2.37.